The molecule has 1 aliphatic rings. The molecule has 1 saturated heterocycles. The van der Waals surface area contributed by atoms with Crippen molar-refractivity contribution in [2.45, 2.75) is 31.7 Å². The molecule has 2 aromatic rings. The first-order chi connectivity index (χ1) is 12.7. The molecule has 1 aromatic heterocycles. The van der Waals surface area contributed by atoms with Crippen LogP contribution in [0.2, 0.25) is 0 Å². The van der Waals surface area contributed by atoms with E-state index in [4.69, 9.17) is 5.73 Å². The minimum absolute atomic E-state index is 0.0373. The van der Waals surface area contributed by atoms with Crippen LogP contribution in [0.5, 0.6) is 5.75 Å². The summed E-state index contributed by atoms with van der Waals surface area (Å²) < 4.78 is 40.4. The average molecular weight is 399 g/mol. The van der Waals surface area contributed by atoms with E-state index in [1.807, 2.05) is 0 Å². The van der Waals surface area contributed by atoms with Gasteiger partial charge in [-0.2, -0.15) is 0 Å². The quantitative estimate of drug-likeness (QED) is 0.838. The summed E-state index contributed by atoms with van der Waals surface area (Å²) in [5.74, 6) is -1.05. The fraction of sp³-hybridized carbons (Fsp3) is 0.353. The first kappa shape index (κ1) is 19.2. The summed E-state index contributed by atoms with van der Waals surface area (Å²) in [4.78, 5) is 29.7. The first-order valence-electron chi connectivity index (χ1n) is 8.12. The van der Waals surface area contributed by atoms with Gasteiger partial charge in [0.25, 0.3) is 0 Å². The number of alkyl halides is 3. The molecule has 0 bridgehead atoms. The Morgan fingerprint density at radius 3 is 2.63 bits per heavy atom. The molecular weight excluding hydrogens is 383 g/mol. The van der Waals surface area contributed by atoms with Crippen LogP contribution in [-0.2, 0) is 16.0 Å². The molecule has 27 heavy (non-hydrogen) atoms. The van der Waals surface area contributed by atoms with Gasteiger partial charge in [-0.05, 0) is 37.1 Å². The fourth-order valence-corrected chi connectivity index (χ4v) is 3.76. The largest absolute Gasteiger partial charge is 0.573 e. The number of nitrogens with zero attached hydrogens (tertiary/aromatic N) is 2. The fourth-order valence-electron chi connectivity index (χ4n) is 2.94. The van der Waals surface area contributed by atoms with E-state index in [2.05, 4.69) is 9.72 Å². The van der Waals surface area contributed by atoms with Gasteiger partial charge in [0, 0.05) is 17.5 Å². The number of rotatable bonds is 5. The summed E-state index contributed by atoms with van der Waals surface area (Å²) >= 11 is 1.28. The van der Waals surface area contributed by atoms with Crippen molar-refractivity contribution in [3.8, 4) is 16.3 Å². The molecule has 1 fully saturated rings. The van der Waals surface area contributed by atoms with Crippen LogP contribution in [0.25, 0.3) is 10.6 Å². The number of ether oxygens (including phenoxy) is 1. The zero-order valence-electron chi connectivity index (χ0n) is 14.0. The number of amides is 2. The van der Waals surface area contributed by atoms with Crippen molar-refractivity contribution in [1.82, 2.24) is 9.88 Å². The molecule has 0 saturated carbocycles. The highest BCUT2D eigenvalue weighted by Crippen LogP contribution is 2.29. The highest BCUT2D eigenvalue weighted by atomic mass is 32.1. The number of thiazole rings is 1. The zero-order valence-corrected chi connectivity index (χ0v) is 14.8. The lowest BCUT2D eigenvalue weighted by Crippen LogP contribution is -2.44. The second kappa shape index (κ2) is 7.55. The van der Waals surface area contributed by atoms with Crippen LogP contribution < -0.4 is 10.5 Å². The number of hydrogen-bond donors (Lipinski definition) is 1. The van der Waals surface area contributed by atoms with Crippen molar-refractivity contribution in [1.29, 1.82) is 0 Å². The van der Waals surface area contributed by atoms with Gasteiger partial charge in [0.2, 0.25) is 11.8 Å². The standard InChI is InChI=1S/C17H16F3N3O3S/c18-17(19,20)26-12-5-3-10(4-6-12)16-22-11(9-27-16)8-14(24)23-7-1-2-13(23)15(21)25/h3-6,9,13H,1-2,7-8H2,(H2,21,25). The molecule has 144 valence electrons. The molecular formula is C17H16F3N3O3S. The molecule has 1 atom stereocenters. The zero-order chi connectivity index (χ0) is 19.6. The first-order valence-corrected chi connectivity index (χ1v) is 9.00. The SMILES string of the molecule is NC(=O)C1CCCN1C(=O)Cc1csc(-c2ccc(OC(F)(F)F)cc2)n1. The lowest BCUT2D eigenvalue weighted by atomic mass is 10.2. The summed E-state index contributed by atoms with van der Waals surface area (Å²) in [6, 6.07) is 4.77. The van der Waals surface area contributed by atoms with Gasteiger partial charge >= 0.3 is 6.36 Å². The summed E-state index contributed by atoms with van der Waals surface area (Å²) in [6.07, 6.45) is -3.41. The molecule has 0 spiro atoms. The molecule has 2 amide bonds. The second-order valence-electron chi connectivity index (χ2n) is 6.04. The lowest BCUT2D eigenvalue weighted by molar-refractivity contribution is -0.274. The van der Waals surface area contributed by atoms with Crippen LogP contribution in [0.3, 0.4) is 0 Å². The number of aromatic nitrogens is 1. The van der Waals surface area contributed by atoms with Crippen molar-refractivity contribution >= 4 is 23.2 Å². The topological polar surface area (TPSA) is 85.5 Å². The van der Waals surface area contributed by atoms with Crippen LogP contribution >= 0.6 is 11.3 Å². The van der Waals surface area contributed by atoms with Gasteiger partial charge in [0.15, 0.2) is 0 Å². The Labute approximate surface area is 156 Å². The monoisotopic (exact) mass is 399 g/mol. The number of hydrogen-bond acceptors (Lipinski definition) is 5. The minimum Gasteiger partial charge on any atom is -0.406 e. The summed E-state index contributed by atoms with van der Waals surface area (Å²) in [5.41, 5.74) is 6.47. The number of halogens is 3. The molecule has 0 radical (unpaired) electrons. The summed E-state index contributed by atoms with van der Waals surface area (Å²) in [5, 5.41) is 2.28. The lowest BCUT2D eigenvalue weighted by Gasteiger charge is -2.21. The Morgan fingerprint density at radius 1 is 1.30 bits per heavy atom. The number of benzene rings is 1. The Kier molecular flexibility index (Phi) is 5.36. The predicted octanol–water partition coefficient (Wildman–Crippen LogP) is 2.73. The third-order valence-corrected chi connectivity index (χ3v) is 5.06. The Hall–Kier alpha value is -2.62. The summed E-state index contributed by atoms with van der Waals surface area (Å²) in [7, 11) is 0. The average Bonchev–Trinajstić information content (AvgIpc) is 3.23. The van der Waals surface area contributed by atoms with Crippen molar-refractivity contribution in [2.75, 3.05) is 6.54 Å². The van der Waals surface area contributed by atoms with Crippen LogP contribution in [-0.4, -0.2) is 40.6 Å². The van der Waals surface area contributed by atoms with Gasteiger partial charge in [-0.1, -0.05) is 0 Å². The van der Waals surface area contributed by atoms with Crippen molar-refractivity contribution in [3.05, 3.63) is 35.3 Å². The van der Waals surface area contributed by atoms with Crippen LogP contribution in [0.4, 0.5) is 13.2 Å². The molecule has 10 heteroatoms. The number of carbonyl (C=O) groups is 2. The maximum Gasteiger partial charge on any atom is 0.573 e. The number of nitrogens with two attached hydrogens (primary N) is 1. The molecule has 1 aliphatic heterocycles. The Morgan fingerprint density at radius 2 is 2.00 bits per heavy atom. The van der Waals surface area contributed by atoms with E-state index in [1.165, 1.54) is 40.5 Å². The molecule has 0 aliphatic carbocycles. The van der Waals surface area contributed by atoms with Gasteiger partial charge in [0.1, 0.15) is 16.8 Å². The van der Waals surface area contributed by atoms with E-state index in [0.717, 1.165) is 6.42 Å². The summed E-state index contributed by atoms with van der Waals surface area (Å²) in [6.45, 7) is 0.490. The Bertz CT molecular complexity index is 836. The highest BCUT2D eigenvalue weighted by Gasteiger charge is 2.33. The smallest absolute Gasteiger partial charge is 0.406 e. The normalized spacial score (nSPS) is 17.1. The molecule has 2 heterocycles. The van der Waals surface area contributed by atoms with Gasteiger partial charge in [-0.3, -0.25) is 9.59 Å². The van der Waals surface area contributed by atoms with Gasteiger partial charge in [-0.15, -0.1) is 24.5 Å². The van der Waals surface area contributed by atoms with E-state index in [-0.39, 0.29) is 18.1 Å². The third kappa shape index (κ3) is 4.76. The maximum atomic E-state index is 12.4. The van der Waals surface area contributed by atoms with E-state index in [0.29, 0.717) is 29.2 Å². The number of carbonyl (C=O) groups excluding carboxylic acids is 2. The predicted molar refractivity (Wildman–Crippen MR) is 91.9 cm³/mol. The van der Waals surface area contributed by atoms with Gasteiger partial charge < -0.3 is 15.4 Å². The third-order valence-electron chi connectivity index (χ3n) is 4.12. The maximum absolute atomic E-state index is 12.4. The molecule has 1 unspecified atom stereocenters. The van der Waals surface area contributed by atoms with Crippen molar-refractivity contribution in [2.24, 2.45) is 5.73 Å². The second-order valence-corrected chi connectivity index (χ2v) is 6.90. The van der Waals surface area contributed by atoms with Crippen LogP contribution in [0.1, 0.15) is 18.5 Å². The minimum atomic E-state index is -4.74. The molecule has 3 rings (SSSR count). The van der Waals surface area contributed by atoms with E-state index in [1.54, 1.807) is 5.38 Å². The van der Waals surface area contributed by atoms with Gasteiger partial charge in [0.05, 0.1) is 12.1 Å². The Balaban J connectivity index is 1.66. The van der Waals surface area contributed by atoms with Crippen LogP contribution in [0.15, 0.2) is 29.6 Å². The van der Waals surface area contributed by atoms with E-state index < -0.39 is 18.3 Å². The molecule has 1 aromatic carbocycles. The highest BCUT2D eigenvalue weighted by molar-refractivity contribution is 7.13. The van der Waals surface area contributed by atoms with Crippen molar-refractivity contribution in [3.63, 3.8) is 0 Å². The van der Waals surface area contributed by atoms with Gasteiger partial charge in [-0.25, -0.2) is 4.98 Å². The van der Waals surface area contributed by atoms with E-state index in [9.17, 15) is 22.8 Å². The molecule has 2 N–H and O–H groups in total. The van der Waals surface area contributed by atoms with Crippen LogP contribution in [0, 0.1) is 0 Å². The number of primary amides is 1. The molecule has 6 nitrogen and oxygen atoms in total. The number of likely N-dealkylation sites (tertiary alicyclic amines) is 1. The van der Waals surface area contributed by atoms with E-state index >= 15 is 0 Å². The van der Waals surface area contributed by atoms with Crippen molar-refractivity contribution < 1.29 is 27.5 Å².